The quantitative estimate of drug-likeness (QED) is 0.303. The second-order valence-corrected chi connectivity index (χ2v) is 9.82. The Balaban J connectivity index is 1.04. The molecule has 184 valence electrons. The van der Waals surface area contributed by atoms with Gasteiger partial charge in [0.05, 0.1) is 6.20 Å². The van der Waals surface area contributed by atoms with Crippen molar-refractivity contribution >= 4 is 21.7 Å². The molecule has 1 saturated heterocycles. The first kappa shape index (κ1) is 22.8. The average Bonchev–Trinajstić information content (AvgIpc) is 3.54. The molecule has 36 heavy (non-hydrogen) atoms. The van der Waals surface area contributed by atoms with E-state index in [4.69, 9.17) is 9.15 Å². The fourth-order valence-electron chi connectivity index (χ4n) is 5.30. The molecule has 0 spiro atoms. The number of hydrogen-bond acceptors (Lipinski definition) is 5. The Hall–Kier alpha value is -3.61. The van der Waals surface area contributed by atoms with Gasteiger partial charge in [0.15, 0.2) is 0 Å². The maximum absolute atomic E-state index is 10.7. The highest BCUT2D eigenvalue weighted by molar-refractivity contribution is 5.90. The highest BCUT2D eigenvalue weighted by Crippen LogP contribution is 2.32. The molecule has 0 aliphatic carbocycles. The summed E-state index contributed by atoms with van der Waals surface area (Å²) >= 11 is 0. The van der Waals surface area contributed by atoms with Gasteiger partial charge in [-0.3, -0.25) is 0 Å². The lowest BCUT2D eigenvalue weighted by Crippen LogP contribution is -2.40. The van der Waals surface area contributed by atoms with Gasteiger partial charge in [0.25, 0.3) is 0 Å². The number of benzene rings is 3. The number of ether oxygens (including phenoxy) is 1. The van der Waals surface area contributed by atoms with Crippen LogP contribution in [0, 0.1) is 6.92 Å². The molecule has 6 heteroatoms. The highest BCUT2D eigenvalue weighted by atomic mass is 16.5. The summed E-state index contributed by atoms with van der Waals surface area (Å²) in [6, 6.07) is 23.3. The number of oxazole rings is 1. The zero-order valence-corrected chi connectivity index (χ0v) is 20.5. The summed E-state index contributed by atoms with van der Waals surface area (Å²) < 4.78 is 11.7. The number of rotatable bonds is 7. The van der Waals surface area contributed by atoms with Crippen LogP contribution in [-0.2, 0) is 0 Å². The minimum absolute atomic E-state index is 0.252. The molecule has 2 N–H and O–H groups in total. The van der Waals surface area contributed by atoms with E-state index in [2.05, 4.69) is 57.3 Å². The molecule has 3 aromatic carbocycles. The largest absolute Gasteiger partial charge is 0.490 e. The summed E-state index contributed by atoms with van der Waals surface area (Å²) in [5, 5.41) is 14.3. The van der Waals surface area contributed by atoms with Crippen molar-refractivity contribution < 1.29 is 14.3 Å². The summed E-state index contributed by atoms with van der Waals surface area (Å²) in [7, 11) is 0. The highest BCUT2D eigenvalue weighted by Gasteiger charge is 2.23. The number of fused-ring (bicyclic) bond motifs is 2. The predicted molar refractivity (Wildman–Crippen MR) is 142 cm³/mol. The Bertz CT molecular complexity index is 1480. The Morgan fingerprint density at radius 2 is 1.89 bits per heavy atom. The second-order valence-electron chi connectivity index (χ2n) is 9.82. The van der Waals surface area contributed by atoms with Crippen molar-refractivity contribution in [3.63, 3.8) is 0 Å². The van der Waals surface area contributed by atoms with Crippen LogP contribution in [0.4, 0.5) is 0 Å². The van der Waals surface area contributed by atoms with Crippen LogP contribution in [0.15, 0.2) is 77.3 Å². The van der Waals surface area contributed by atoms with Crippen LogP contribution in [-0.4, -0.2) is 52.3 Å². The van der Waals surface area contributed by atoms with E-state index in [0.29, 0.717) is 18.4 Å². The Labute approximate surface area is 210 Å². The number of aromatic nitrogens is 2. The maximum Gasteiger partial charge on any atom is 0.243 e. The van der Waals surface area contributed by atoms with Gasteiger partial charge >= 0.3 is 0 Å². The van der Waals surface area contributed by atoms with Crippen molar-refractivity contribution in [2.24, 2.45) is 0 Å². The molecule has 1 atom stereocenters. The standard InChI is InChI=1S/C30H31N3O3/c1-20-17-31-30(36-20)28-16-26-27(32-28)7-4-8-29(26)35-19-25(34)18-33-13-11-22(12-14-33)24-10-9-21-5-2-3-6-23(21)15-24/h2-10,15-17,22,25,32,34H,11-14,18-19H2,1H3/t25-/m0/s1. The van der Waals surface area contributed by atoms with Crippen LogP contribution < -0.4 is 4.74 Å². The molecule has 2 aromatic heterocycles. The van der Waals surface area contributed by atoms with Crippen molar-refractivity contribution in [1.29, 1.82) is 0 Å². The maximum atomic E-state index is 10.7. The van der Waals surface area contributed by atoms with Crippen LogP contribution in [0.2, 0.25) is 0 Å². The molecule has 1 aliphatic rings. The monoisotopic (exact) mass is 481 g/mol. The molecule has 0 radical (unpaired) electrons. The zero-order chi connectivity index (χ0) is 24.5. The number of β-amino-alcohol motifs (C(OH)–C–C–N with tert-alkyl or cyclic N) is 1. The number of aliphatic hydroxyl groups is 1. The second kappa shape index (κ2) is 9.80. The number of likely N-dealkylation sites (tertiary alicyclic amines) is 1. The third-order valence-corrected chi connectivity index (χ3v) is 7.21. The Morgan fingerprint density at radius 3 is 2.69 bits per heavy atom. The smallest absolute Gasteiger partial charge is 0.243 e. The SMILES string of the molecule is Cc1cnc(-c2cc3c(OC[C@@H](O)CN4CCC(c5ccc6ccccc6c5)CC4)cccc3[nH]2)o1. The summed E-state index contributed by atoms with van der Waals surface area (Å²) in [4.78, 5) is 10.00. The fourth-order valence-corrected chi connectivity index (χ4v) is 5.30. The zero-order valence-electron chi connectivity index (χ0n) is 20.5. The molecule has 1 aliphatic heterocycles. The lowest BCUT2D eigenvalue weighted by Gasteiger charge is -2.33. The first-order valence-electron chi connectivity index (χ1n) is 12.7. The molecule has 6 rings (SSSR count). The van der Waals surface area contributed by atoms with Gasteiger partial charge in [-0.25, -0.2) is 4.98 Å². The van der Waals surface area contributed by atoms with Crippen LogP contribution >= 0.6 is 0 Å². The first-order chi connectivity index (χ1) is 17.6. The van der Waals surface area contributed by atoms with E-state index in [9.17, 15) is 5.11 Å². The van der Waals surface area contributed by atoms with Gasteiger partial charge in [-0.2, -0.15) is 0 Å². The van der Waals surface area contributed by atoms with Gasteiger partial charge in [0.1, 0.15) is 29.9 Å². The summed E-state index contributed by atoms with van der Waals surface area (Å²) in [5.74, 6) is 2.64. The first-order valence-corrected chi connectivity index (χ1v) is 12.7. The lowest BCUT2D eigenvalue weighted by atomic mass is 9.88. The van der Waals surface area contributed by atoms with Crippen LogP contribution in [0.3, 0.4) is 0 Å². The summed E-state index contributed by atoms with van der Waals surface area (Å²) in [5.41, 5.74) is 3.18. The number of aromatic amines is 1. The van der Waals surface area contributed by atoms with E-state index in [0.717, 1.165) is 54.0 Å². The number of aryl methyl sites for hydroxylation is 1. The molecule has 1 fully saturated rings. The van der Waals surface area contributed by atoms with Crippen LogP contribution in [0.25, 0.3) is 33.3 Å². The van der Waals surface area contributed by atoms with Gasteiger partial charge in [0.2, 0.25) is 5.89 Å². The number of hydrogen-bond donors (Lipinski definition) is 2. The lowest BCUT2D eigenvalue weighted by molar-refractivity contribution is 0.0599. The number of H-pyrrole nitrogens is 1. The topological polar surface area (TPSA) is 74.5 Å². The molecular formula is C30H31N3O3. The fraction of sp³-hybridized carbons (Fsp3) is 0.300. The molecule has 3 heterocycles. The predicted octanol–water partition coefficient (Wildman–Crippen LogP) is 5.90. The van der Waals surface area contributed by atoms with E-state index in [1.165, 1.54) is 16.3 Å². The molecular weight excluding hydrogens is 450 g/mol. The minimum atomic E-state index is -0.551. The molecule has 0 unspecified atom stereocenters. The van der Waals surface area contributed by atoms with Gasteiger partial charge < -0.3 is 24.1 Å². The molecule has 5 aromatic rings. The molecule has 0 saturated carbocycles. The number of nitrogens with one attached hydrogen (secondary N) is 1. The van der Waals surface area contributed by atoms with Gasteiger partial charge in [0, 0.05) is 17.4 Å². The van der Waals surface area contributed by atoms with E-state index in [1.54, 1.807) is 6.20 Å². The van der Waals surface area contributed by atoms with Gasteiger partial charge in [-0.1, -0.05) is 48.5 Å². The normalized spacial score (nSPS) is 16.1. The number of nitrogens with zero attached hydrogens (tertiary/aromatic N) is 2. The number of piperidine rings is 1. The minimum Gasteiger partial charge on any atom is -0.490 e. The summed E-state index contributed by atoms with van der Waals surface area (Å²) in [6.45, 7) is 4.72. The van der Waals surface area contributed by atoms with Crippen LogP contribution in [0.1, 0.15) is 30.1 Å². The van der Waals surface area contributed by atoms with Crippen molar-refractivity contribution in [3.8, 4) is 17.3 Å². The third-order valence-electron chi connectivity index (χ3n) is 7.21. The van der Waals surface area contributed by atoms with E-state index >= 15 is 0 Å². The molecule has 6 nitrogen and oxygen atoms in total. The average molecular weight is 482 g/mol. The third kappa shape index (κ3) is 4.74. The van der Waals surface area contributed by atoms with E-state index in [1.807, 2.05) is 31.2 Å². The number of aliphatic hydroxyl groups excluding tert-OH is 1. The van der Waals surface area contributed by atoms with Gasteiger partial charge in [-0.05, 0) is 73.3 Å². The molecule has 0 amide bonds. The Kier molecular flexibility index (Phi) is 6.21. The van der Waals surface area contributed by atoms with Crippen molar-refractivity contribution in [3.05, 3.63) is 84.3 Å². The van der Waals surface area contributed by atoms with E-state index in [-0.39, 0.29) is 6.61 Å². The Morgan fingerprint density at radius 1 is 1.06 bits per heavy atom. The summed E-state index contributed by atoms with van der Waals surface area (Å²) in [6.07, 6.45) is 3.37. The molecule has 0 bridgehead atoms. The van der Waals surface area contributed by atoms with Gasteiger partial charge in [-0.15, -0.1) is 0 Å². The van der Waals surface area contributed by atoms with E-state index < -0.39 is 6.10 Å². The van der Waals surface area contributed by atoms with Crippen molar-refractivity contribution in [2.75, 3.05) is 26.2 Å². The van der Waals surface area contributed by atoms with Crippen molar-refractivity contribution in [1.82, 2.24) is 14.9 Å². The van der Waals surface area contributed by atoms with Crippen molar-refractivity contribution in [2.45, 2.75) is 31.8 Å². The van der Waals surface area contributed by atoms with Crippen LogP contribution in [0.5, 0.6) is 5.75 Å².